The zero-order valence-corrected chi connectivity index (χ0v) is 11.1. The normalized spacial score (nSPS) is 25.4. The summed E-state index contributed by atoms with van der Waals surface area (Å²) in [4.78, 5) is 4.30. The van der Waals surface area contributed by atoms with Gasteiger partial charge in [0.15, 0.2) is 0 Å². The number of nitrogens with one attached hydrogen (secondary N) is 1. The molecule has 1 N–H and O–H groups in total. The lowest BCUT2D eigenvalue weighted by molar-refractivity contribution is 0.122. The van der Waals surface area contributed by atoms with Crippen molar-refractivity contribution < 1.29 is 9.15 Å². The fraction of sp³-hybridized carbons (Fsp3) is 0.769. The standard InChI is InChI=1S/C13H22N2O2/c1-9-5-10(8-16-9)11-6-14-12(17-11)7-15-13(2,3)4/h6,9-10,15H,5,7-8H2,1-4H3. The highest BCUT2D eigenvalue weighted by Crippen LogP contribution is 2.29. The molecule has 4 nitrogen and oxygen atoms in total. The second kappa shape index (κ2) is 4.78. The minimum atomic E-state index is 0.0830. The highest BCUT2D eigenvalue weighted by atomic mass is 16.5. The molecule has 2 rings (SSSR count). The highest BCUT2D eigenvalue weighted by molar-refractivity contribution is 5.04. The van der Waals surface area contributed by atoms with Gasteiger partial charge in [0.05, 0.1) is 25.5 Å². The molecule has 1 aromatic heterocycles. The van der Waals surface area contributed by atoms with E-state index in [9.17, 15) is 0 Å². The lowest BCUT2D eigenvalue weighted by atomic mass is 10.0. The zero-order valence-electron chi connectivity index (χ0n) is 11.1. The number of ether oxygens (including phenoxy) is 1. The van der Waals surface area contributed by atoms with E-state index in [1.54, 1.807) is 0 Å². The predicted octanol–water partition coefficient (Wildman–Crippen LogP) is 2.46. The van der Waals surface area contributed by atoms with E-state index >= 15 is 0 Å². The Morgan fingerprint density at radius 1 is 1.47 bits per heavy atom. The van der Waals surface area contributed by atoms with Crippen molar-refractivity contribution in [3.8, 4) is 0 Å². The molecule has 17 heavy (non-hydrogen) atoms. The van der Waals surface area contributed by atoms with Gasteiger partial charge in [-0.25, -0.2) is 4.98 Å². The molecule has 0 spiro atoms. The molecule has 0 saturated carbocycles. The van der Waals surface area contributed by atoms with Crippen LogP contribution in [0.15, 0.2) is 10.6 Å². The monoisotopic (exact) mass is 238 g/mol. The molecule has 0 radical (unpaired) electrons. The summed E-state index contributed by atoms with van der Waals surface area (Å²) in [6.07, 6.45) is 3.20. The van der Waals surface area contributed by atoms with Gasteiger partial charge >= 0.3 is 0 Å². The summed E-state index contributed by atoms with van der Waals surface area (Å²) in [6.45, 7) is 9.91. The summed E-state index contributed by atoms with van der Waals surface area (Å²) in [6, 6.07) is 0. The maximum atomic E-state index is 5.76. The lowest BCUT2D eigenvalue weighted by Gasteiger charge is -2.18. The van der Waals surface area contributed by atoms with Crippen molar-refractivity contribution in [2.75, 3.05) is 6.61 Å². The molecule has 2 heterocycles. The molecule has 2 atom stereocenters. The lowest BCUT2D eigenvalue weighted by Crippen LogP contribution is -2.35. The van der Waals surface area contributed by atoms with E-state index < -0.39 is 0 Å². The smallest absolute Gasteiger partial charge is 0.208 e. The number of oxazole rings is 1. The summed E-state index contributed by atoms with van der Waals surface area (Å²) in [5.41, 5.74) is 0.0830. The van der Waals surface area contributed by atoms with E-state index in [0.29, 0.717) is 18.6 Å². The third-order valence-electron chi connectivity index (χ3n) is 2.94. The first-order valence-electron chi connectivity index (χ1n) is 6.25. The van der Waals surface area contributed by atoms with Gasteiger partial charge in [-0.2, -0.15) is 0 Å². The van der Waals surface area contributed by atoms with E-state index in [-0.39, 0.29) is 5.54 Å². The molecule has 4 heteroatoms. The van der Waals surface area contributed by atoms with Crippen LogP contribution < -0.4 is 5.32 Å². The van der Waals surface area contributed by atoms with Crippen molar-refractivity contribution in [2.24, 2.45) is 0 Å². The van der Waals surface area contributed by atoms with Gasteiger partial charge < -0.3 is 14.5 Å². The van der Waals surface area contributed by atoms with Crippen molar-refractivity contribution in [2.45, 2.75) is 58.2 Å². The van der Waals surface area contributed by atoms with Gasteiger partial charge in [-0.05, 0) is 34.1 Å². The fourth-order valence-corrected chi connectivity index (χ4v) is 1.95. The minimum absolute atomic E-state index is 0.0830. The van der Waals surface area contributed by atoms with Gasteiger partial charge in [0.25, 0.3) is 0 Å². The molecule has 0 amide bonds. The van der Waals surface area contributed by atoms with Crippen LogP contribution in [0.3, 0.4) is 0 Å². The Labute approximate surface area is 103 Å². The largest absolute Gasteiger partial charge is 0.444 e. The van der Waals surface area contributed by atoms with Crippen LogP contribution >= 0.6 is 0 Å². The second-order valence-corrected chi connectivity index (χ2v) is 5.84. The summed E-state index contributed by atoms with van der Waals surface area (Å²) >= 11 is 0. The molecule has 96 valence electrons. The molecule has 1 saturated heterocycles. The molecule has 2 unspecified atom stereocenters. The summed E-state index contributed by atoms with van der Waals surface area (Å²) < 4.78 is 11.3. The van der Waals surface area contributed by atoms with E-state index in [2.05, 4.69) is 38.0 Å². The van der Waals surface area contributed by atoms with Crippen LogP contribution in [-0.4, -0.2) is 23.2 Å². The number of hydrogen-bond acceptors (Lipinski definition) is 4. The third-order valence-corrected chi connectivity index (χ3v) is 2.94. The first kappa shape index (κ1) is 12.6. The Kier molecular flexibility index (Phi) is 3.54. The molecule has 1 aromatic rings. The summed E-state index contributed by atoms with van der Waals surface area (Å²) in [5, 5.41) is 3.36. The van der Waals surface area contributed by atoms with E-state index in [4.69, 9.17) is 9.15 Å². The fourth-order valence-electron chi connectivity index (χ4n) is 1.95. The maximum Gasteiger partial charge on any atom is 0.208 e. The Balaban J connectivity index is 1.92. The van der Waals surface area contributed by atoms with Crippen molar-refractivity contribution in [1.29, 1.82) is 0 Å². The van der Waals surface area contributed by atoms with E-state index in [0.717, 1.165) is 24.7 Å². The molecular weight excluding hydrogens is 216 g/mol. The van der Waals surface area contributed by atoms with Crippen LogP contribution in [0.4, 0.5) is 0 Å². The van der Waals surface area contributed by atoms with Crippen LogP contribution in [0, 0.1) is 0 Å². The van der Waals surface area contributed by atoms with Gasteiger partial charge in [0, 0.05) is 11.5 Å². The van der Waals surface area contributed by atoms with Crippen molar-refractivity contribution in [1.82, 2.24) is 10.3 Å². The average molecular weight is 238 g/mol. The molecule has 0 aliphatic carbocycles. The van der Waals surface area contributed by atoms with Gasteiger partial charge in [-0.3, -0.25) is 0 Å². The second-order valence-electron chi connectivity index (χ2n) is 5.84. The number of nitrogens with zero attached hydrogens (tertiary/aromatic N) is 1. The maximum absolute atomic E-state index is 5.76. The van der Waals surface area contributed by atoms with Crippen LogP contribution in [0.2, 0.25) is 0 Å². The topological polar surface area (TPSA) is 47.3 Å². The first-order chi connectivity index (χ1) is 7.94. The molecule has 0 bridgehead atoms. The molecule has 1 aliphatic rings. The van der Waals surface area contributed by atoms with Gasteiger partial charge in [-0.15, -0.1) is 0 Å². The van der Waals surface area contributed by atoms with E-state index in [1.807, 2.05) is 6.20 Å². The van der Waals surface area contributed by atoms with Crippen LogP contribution in [-0.2, 0) is 11.3 Å². The van der Waals surface area contributed by atoms with Crippen molar-refractivity contribution in [3.05, 3.63) is 17.8 Å². The zero-order chi connectivity index (χ0) is 12.5. The first-order valence-corrected chi connectivity index (χ1v) is 6.25. The van der Waals surface area contributed by atoms with Gasteiger partial charge in [0.2, 0.25) is 5.89 Å². The Bertz CT molecular complexity index is 368. The summed E-state index contributed by atoms with van der Waals surface area (Å²) in [5.74, 6) is 2.09. The Hall–Kier alpha value is -0.870. The minimum Gasteiger partial charge on any atom is -0.444 e. The molecule has 1 fully saturated rings. The van der Waals surface area contributed by atoms with Crippen LogP contribution in [0.1, 0.15) is 51.7 Å². The quantitative estimate of drug-likeness (QED) is 0.878. The Morgan fingerprint density at radius 2 is 2.24 bits per heavy atom. The van der Waals surface area contributed by atoms with E-state index in [1.165, 1.54) is 0 Å². The SMILES string of the molecule is CC1CC(c2cnc(CNC(C)(C)C)o2)CO1. The number of rotatable bonds is 3. The average Bonchev–Trinajstić information content (AvgIpc) is 2.81. The number of hydrogen-bond donors (Lipinski definition) is 1. The third kappa shape index (κ3) is 3.54. The van der Waals surface area contributed by atoms with Crippen molar-refractivity contribution >= 4 is 0 Å². The highest BCUT2D eigenvalue weighted by Gasteiger charge is 2.26. The molecule has 1 aliphatic heterocycles. The van der Waals surface area contributed by atoms with Gasteiger partial charge in [-0.1, -0.05) is 0 Å². The summed E-state index contributed by atoms with van der Waals surface area (Å²) in [7, 11) is 0. The molecule has 0 aromatic carbocycles. The van der Waals surface area contributed by atoms with Crippen LogP contribution in [0.25, 0.3) is 0 Å². The van der Waals surface area contributed by atoms with Crippen LogP contribution in [0.5, 0.6) is 0 Å². The number of aromatic nitrogens is 1. The van der Waals surface area contributed by atoms with Crippen molar-refractivity contribution in [3.63, 3.8) is 0 Å². The van der Waals surface area contributed by atoms with Gasteiger partial charge in [0.1, 0.15) is 5.76 Å². The molecular formula is C13H22N2O2. The predicted molar refractivity (Wildman–Crippen MR) is 65.9 cm³/mol. The Morgan fingerprint density at radius 3 is 2.82 bits per heavy atom.